The Morgan fingerprint density at radius 1 is 0.576 bits per heavy atom. The lowest BCUT2D eigenvalue weighted by Crippen LogP contribution is -2.11. The third-order valence-electron chi connectivity index (χ3n) is 4.77. The van der Waals surface area contributed by atoms with Gasteiger partial charge in [-0.2, -0.15) is 0 Å². The quantitative estimate of drug-likeness (QED) is 0.377. The molecule has 0 atom stereocenters. The van der Waals surface area contributed by atoms with Gasteiger partial charge < -0.3 is 16.0 Å². The fourth-order valence-electron chi connectivity index (χ4n) is 3.37. The second-order valence-corrected chi connectivity index (χ2v) is 7.81. The van der Waals surface area contributed by atoms with Crippen LogP contribution in [0.15, 0.2) is 60.7 Å². The van der Waals surface area contributed by atoms with Crippen LogP contribution in [0.1, 0.15) is 33.1 Å². The largest absolute Gasteiger partial charge is 0.324 e. The maximum absolute atomic E-state index is 12.6. The minimum atomic E-state index is -0.192. The molecule has 0 unspecified atom stereocenters. The molecule has 0 aliphatic rings. The van der Waals surface area contributed by atoms with Gasteiger partial charge in [0.15, 0.2) is 0 Å². The van der Waals surface area contributed by atoms with E-state index in [2.05, 4.69) is 35.9 Å². The Bertz CT molecular complexity index is 1240. The molecule has 0 saturated carbocycles. The van der Waals surface area contributed by atoms with Gasteiger partial charge in [0, 0.05) is 45.4 Å². The minimum Gasteiger partial charge on any atom is -0.324 e. The van der Waals surface area contributed by atoms with Crippen molar-refractivity contribution in [3.63, 3.8) is 0 Å². The van der Waals surface area contributed by atoms with E-state index in [0.29, 0.717) is 23.1 Å². The second-order valence-electron chi connectivity index (χ2n) is 7.81. The number of hydrogen-bond donors (Lipinski definition) is 3. The molecule has 0 fully saturated rings. The molecule has 166 valence electrons. The number of rotatable bonds is 6. The van der Waals surface area contributed by atoms with E-state index < -0.39 is 0 Å². The topological polar surface area (TPSA) is 105 Å². The van der Waals surface area contributed by atoms with Gasteiger partial charge >= 0.3 is 0 Å². The summed E-state index contributed by atoms with van der Waals surface area (Å²) < 4.78 is 0. The number of aromatic nitrogens is 4. The number of hydrogen-bond acceptors (Lipinski definition) is 7. The molecule has 1 amide bonds. The summed E-state index contributed by atoms with van der Waals surface area (Å²) in [5.41, 5.74) is 6.47. The summed E-state index contributed by atoms with van der Waals surface area (Å²) in [5.74, 6) is 0.886. The van der Waals surface area contributed by atoms with E-state index in [4.69, 9.17) is 0 Å². The molecular weight excluding hydrogens is 414 g/mol. The van der Waals surface area contributed by atoms with Crippen molar-refractivity contribution in [1.82, 2.24) is 19.9 Å². The van der Waals surface area contributed by atoms with Crippen LogP contribution in [0.5, 0.6) is 0 Å². The number of carbonyl (C=O) groups is 1. The second kappa shape index (κ2) is 9.44. The molecule has 4 rings (SSSR count). The van der Waals surface area contributed by atoms with Crippen LogP contribution in [-0.4, -0.2) is 25.8 Å². The van der Waals surface area contributed by atoms with E-state index in [9.17, 15) is 4.79 Å². The van der Waals surface area contributed by atoms with Crippen molar-refractivity contribution in [3.05, 3.63) is 89.0 Å². The van der Waals surface area contributed by atoms with Crippen molar-refractivity contribution in [2.75, 3.05) is 16.0 Å². The summed E-state index contributed by atoms with van der Waals surface area (Å²) >= 11 is 0. The molecule has 2 heterocycles. The zero-order valence-electron chi connectivity index (χ0n) is 19.0. The number of nitrogens with one attached hydrogen (secondary N) is 3. The average molecular weight is 440 g/mol. The van der Waals surface area contributed by atoms with Gasteiger partial charge in [-0.3, -0.25) is 4.79 Å². The summed E-state index contributed by atoms with van der Waals surface area (Å²) in [6.07, 6.45) is 0. The van der Waals surface area contributed by atoms with E-state index >= 15 is 0 Å². The van der Waals surface area contributed by atoms with Crippen LogP contribution in [0.25, 0.3) is 0 Å². The molecule has 2 aromatic carbocycles. The van der Waals surface area contributed by atoms with Crippen molar-refractivity contribution in [2.45, 2.75) is 27.7 Å². The van der Waals surface area contributed by atoms with Gasteiger partial charge in [-0.1, -0.05) is 0 Å². The maximum Gasteiger partial charge on any atom is 0.255 e. The highest BCUT2D eigenvalue weighted by molar-refractivity contribution is 6.04. The molecule has 0 bridgehead atoms. The summed E-state index contributed by atoms with van der Waals surface area (Å²) in [6, 6.07) is 18.4. The maximum atomic E-state index is 12.6. The molecule has 8 nitrogen and oxygen atoms in total. The summed E-state index contributed by atoms with van der Waals surface area (Å²) in [5, 5.41) is 9.25. The first-order valence-corrected chi connectivity index (χ1v) is 10.5. The lowest BCUT2D eigenvalue weighted by molar-refractivity contribution is 0.102. The molecule has 4 aromatic rings. The zero-order chi connectivity index (χ0) is 23.4. The number of anilines is 5. The monoisotopic (exact) mass is 439 g/mol. The Morgan fingerprint density at radius 3 is 1.36 bits per heavy atom. The van der Waals surface area contributed by atoms with Gasteiger partial charge in [0.1, 0.15) is 0 Å². The molecule has 0 aliphatic carbocycles. The number of aryl methyl sites for hydroxylation is 4. The van der Waals surface area contributed by atoms with Crippen molar-refractivity contribution < 1.29 is 4.79 Å². The van der Waals surface area contributed by atoms with E-state index in [1.807, 2.05) is 76.2 Å². The Labute approximate surface area is 192 Å². The van der Waals surface area contributed by atoms with Crippen molar-refractivity contribution in [3.8, 4) is 0 Å². The third-order valence-corrected chi connectivity index (χ3v) is 4.77. The molecule has 0 aliphatic heterocycles. The highest BCUT2D eigenvalue weighted by Gasteiger charge is 2.08. The highest BCUT2D eigenvalue weighted by atomic mass is 16.1. The number of benzene rings is 2. The third kappa shape index (κ3) is 5.88. The van der Waals surface area contributed by atoms with Gasteiger partial charge in [-0.15, -0.1) is 0 Å². The highest BCUT2D eigenvalue weighted by Crippen LogP contribution is 2.19. The smallest absolute Gasteiger partial charge is 0.255 e. The predicted molar refractivity (Wildman–Crippen MR) is 130 cm³/mol. The first kappa shape index (κ1) is 21.9. The Kier molecular flexibility index (Phi) is 6.26. The normalized spacial score (nSPS) is 10.5. The number of carbonyl (C=O) groups excluding carboxylic acids is 1. The zero-order valence-corrected chi connectivity index (χ0v) is 19.0. The van der Waals surface area contributed by atoms with Crippen LogP contribution >= 0.6 is 0 Å². The molecule has 8 heteroatoms. The van der Waals surface area contributed by atoms with Crippen LogP contribution in [-0.2, 0) is 0 Å². The van der Waals surface area contributed by atoms with Crippen LogP contribution in [0.3, 0.4) is 0 Å². The summed E-state index contributed by atoms with van der Waals surface area (Å²) in [6.45, 7) is 7.71. The molecule has 33 heavy (non-hydrogen) atoms. The first-order chi connectivity index (χ1) is 15.8. The standard InChI is InChI=1S/C25H25N7O/c1-15-13-16(2)27-24(26-15)31-21-7-5-19(6-8-21)23(33)30-20-9-11-22(12-10-20)32-25-28-17(3)14-18(4)29-25/h5-14H,1-4H3,(H,30,33)(H,26,27,31)(H,28,29,32). The summed E-state index contributed by atoms with van der Waals surface area (Å²) in [4.78, 5) is 30.1. The molecular formula is C25H25N7O. The Balaban J connectivity index is 1.37. The van der Waals surface area contributed by atoms with Crippen LogP contribution in [0, 0.1) is 27.7 Å². The van der Waals surface area contributed by atoms with E-state index in [0.717, 1.165) is 34.2 Å². The molecule has 0 saturated heterocycles. The fourth-order valence-corrected chi connectivity index (χ4v) is 3.37. The van der Waals surface area contributed by atoms with Crippen LogP contribution in [0.4, 0.5) is 29.0 Å². The van der Waals surface area contributed by atoms with E-state index in [1.165, 1.54) is 0 Å². The lowest BCUT2D eigenvalue weighted by Gasteiger charge is -2.10. The Hall–Kier alpha value is -4.33. The lowest BCUT2D eigenvalue weighted by atomic mass is 10.2. The van der Waals surface area contributed by atoms with Crippen molar-refractivity contribution >= 4 is 34.9 Å². The van der Waals surface area contributed by atoms with E-state index in [1.54, 1.807) is 12.1 Å². The molecule has 0 spiro atoms. The van der Waals surface area contributed by atoms with Gasteiger partial charge in [-0.25, -0.2) is 19.9 Å². The van der Waals surface area contributed by atoms with Gasteiger partial charge in [0.05, 0.1) is 0 Å². The Morgan fingerprint density at radius 2 is 0.939 bits per heavy atom. The van der Waals surface area contributed by atoms with Crippen molar-refractivity contribution in [2.24, 2.45) is 0 Å². The minimum absolute atomic E-state index is 0.192. The molecule has 2 aromatic heterocycles. The predicted octanol–water partition coefficient (Wildman–Crippen LogP) is 5.24. The molecule has 0 radical (unpaired) electrons. The van der Waals surface area contributed by atoms with Gasteiger partial charge in [0.2, 0.25) is 11.9 Å². The van der Waals surface area contributed by atoms with Crippen LogP contribution < -0.4 is 16.0 Å². The van der Waals surface area contributed by atoms with Gasteiger partial charge in [-0.05, 0) is 88.4 Å². The molecule has 3 N–H and O–H groups in total. The number of amides is 1. The van der Waals surface area contributed by atoms with Crippen molar-refractivity contribution in [1.29, 1.82) is 0 Å². The SMILES string of the molecule is Cc1cc(C)nc(Nc2ccc(NC(=O)c3ccc(Nc4nc(C)cc(C)n4)cc3)cc2)n1. The number of nitrogens with zero attached hydrogens (tertiary/aromatic N) is 4. The van der Waals surface area contributed by atoms with Crippen LogP contribution in [0.2, 0.25) is 0 Å². The fraction of sp³-hybridized carbons (Fsp3) is 0.160. The van der Waals surface area contributed by atoms with E-state index in [-0.39, 0.29) is 5.91 Å². The first-order valence-electron chi connectivity index (χ1n) is 10.5. The van der Waals surface area contributed by atoms with Gasteiger partial charge in [0.25, 0.3) is 5.91 Å². The average Bonchev–Trinajstić information content (AvgIpc) is 2.74. The summed E-state index contributed by atoms with van der Waals surface area (Å²) in [7, 11) is 0.